The van der Waals surface area contributed by atoms with E-state index in [0.717, 1.165) is 32.0 Å². The van der Waals surface area contributed by atoms with Crippen molar-refractivity contribution in [3.8, 4) is 0 Å². The quantitative estimate of drug-likeness (QED) is 0.718. The highest BCUT2D eigenvalue weighted by molar-refractivity contribution is 6.05. The second-order valence-electron chi connectivity index (χ2n) is 6.63. The highest BCUT2D eigenvalue weighted by Crippen LogP contribution is 2.17. The summed E-state index contributed by atoms with van der Waals surface area (Å²) < 4.78 is 5.22. The molecule has 1 aromatic carbocycles. The van der Waals surface area contributed by atoms with Gasteiger partial charge in [-0.2, -0.15) is 0 Å². The molecule has 4 rings (SSSR count). The number of carbonyl (C=O) groups is 1. The summed E-state index contributed by atoms with van der Waals surface area (Å²) >= 11 is 0. The Morgan fingerprint density at radius 3 is 2.63 bits per heavy atom. The van der Waals surface area contributed by atoms with Gasteiger partial charge in [0.25, 0.3) is 5.91 Å². The number of nitrogens with one attached hydrogen (secondary N) is 1. The lowest BCUT2D eigenvalue weighted by Crippen LogP contribution is -2.44. The predicted molar refractivity (Wildman–Crippen MR) is 104 cm³/mol. The number of aromatic nitrogens is 1. The van der Waals surface area contributed by atoms with Gasteiger partial charge >= 0.3 is 5.63 Å². The van der Waals surface area contributed by atoms with Gasteiger partial charge < -0.3 is 19.5 Å². The van der Waals surface area contributed by atoms with E-state index >= 15 is 0 Å². The lowest BCUT2D eigenvalue weighted by molar-refractivity contribution is 0.102. The molecule has 138 valence electrons. The van der Waals surface area contributed by atoms with Crippen LogP contribution in [-0.2, 0) is 0 Å². The Labute approximate surface area is 156 Å². The summed E-state index contributed by atoms with van der Waals surface area (Å²) in [4.78, 5) is 33.5. The van der Waals surface area contributed by atoms with Crippen LogP contribution in [0.1, 0.15) is 10.4 Å². The fraction of sp³-hybridized carbons (Fsp3) is 0.250. The zero-order valence-electron chi connectivity index (χ0n) is 15.0. The van der Waals surface area contributed by atoms with Crippen LogP contribution in [0.3, 0.4) is 0 Å². The maximum absolute atomic E-state index is 12.5. The number of carbonyl (C=O) groups excluding carboxylic acids is 1. The third-order valence-electron chi connectivity index (χ3n) is 4.72. The number of fused-ring (bicyclic) bond motifs is 1. The molecule has 0 unspecified atom stereocenters. The van der Waals surface area contributed by atoms with Crippen LogP contribution in [-0.4, -0.2) is 49.0 Å². The van der Waals surface area contributed by atoms with E-state index in [1.165, 1.54) is 0 Å². The van der Waals surface area contributed by atoms with Gasteiger partial charge in [-0.05, 0) is 31.3 Å². The van der Waals surface area contributed by atoms with E-state index in [-0.39, 0.29) is 5.56 Å². The van der Waals surface area contributed by atoms with E-state index in [2.05, 4.69) is 27.1 Å². The van der Waals surface area contributed by atoms with Crippen molar-refractivity contribution < 1.29 is 9.21 Å². The van der Waals surface area contributed by atoms with E-state index in [0.29, 0.717) is 16.7 Å². The molecule has 7 nitrogen and oxygen atoms in total. The Hall–Kier alpha value is -3.19. The van der Waals surface area contributed by atoms with Crippen LogP contribution in [0.4, 0.5) is 11.5 Å². The molecule has 0 saturated carbocycles. The normalized spacial score (nSPS) is 15.1. The van der Waals surface area contributed by atoms with Gasteiger partial charge in [0.2, 0.25) is 0 Å². The number of para-hydroxylation sites is 1. The Kier molecular flexibility index (Phi) is 4.60. The number of hydrogen-bond acceptors (Lipinski definition) is 6. The van der Waals surface area contributed by atoms with Crippen LogP contribution in [0.5, 0.6) is 0 Å². The van der Waals surface area contributed by atoms with Crippen LogP contribution >= 0.6 is 0 Å². The molecule has 3 aromatic rings. The molecular weight excluding hydrogens is 344 g/mol. The van der Waals surface area contributed by atoms with E-state index in [1.807, 2.05) is 12.1 Å². The molecule has 0 atom stereocenters. The van der Waals surface area contributed by atoms with Crippen LogP contribution < -0.4 is 15.8 Å². The number of pyridine rings is 1. The molecule has 1 amide bonds. The fourth-order valence-electron chi connectivity index (χ4n) is 3.10. The number of rotatable bonds is 3. The smallest absolute Gasteiger partial charge is 0.349 e. The van der Waals surface area contributed by atoms with Crippen LogP contribution in [0, 0.1) is 0 Å². The summed E-state index contributed by atoms with van der Waals surface area (Å²) in [5.74, 6) is 0.370. The minimum absolute atomic E-state index is 0.0307. The fourth-order valence-corrected chi connectivity index (χ4v) is 3.10. The van der Waals surface area contributed by atoms with Crippen molar-refractivity contribution in [3.63, 3.8) is 0 Å². The summed E-state index contributed by atoms with van der Waals surface area (Å²) in [5, 5.41) is 3.41. The minimum Gasteiger partial charge on any atom is -0.422 e. The molecule has 3 heterocycles. The van der Waals surface area contributed by atoms with Gasteiger partial charge in [0, 0.05) is 31.6 Å². The zero-order chi connectivity index (χ0) is 18.8. The number of hydrogen-bond donors (Lipinski definition) is 1. The number of piperazine rings is 1. The molecule has 2 aromatic heterocycles. The average molecular weight is 364 g/mol. The molecule has 7 heteroatoms. The lowest BCUT2D eigenvalue weighted by atomic mass is 10.2. The van der Waals surface area contributed by atoms with Crippen molar-refractivity contribution in [1.29, 1.82) is 0 Å². The summed E-state index contributed by atoms with van der Waals surface area (Å²) in [6, 6.07) is 12.3. The highest BCUT2D eigenvalue weighted by atomic mass is 16.4. The molecule has 1 saturated heterocycles. The predicted octanol–water partition coefficient (Wildman–Crippen LogP) is 2.19. The first-order valence-corrected chi connectivity index (χ1v) is 8.84. The van der Waals surface area contributed by atoms with Gasteiger partial charge in [0.1, 0.15) is 17.0 Å². The van der Waals surface area contributed by atoms with Crippen molar-refractivity contribution >= 4 is 28.4 Å². The van der Waals surface area contributed by atoms with Gasteiger partial charge in [0.15, 0.2) is 0 Å². The summed E-state index contributed by atoms with van der Waals surface area (Å²) in [7, 11) is 2.10. The maximum Gasteiger partial charge on any atom is 0.349 e. The molecular formula is C20H20N4O3. The first-order valence-electron chi connectivity index (χ1n) is 8.84. The Balaban J connectivity index is 1.50. The largest absolute Gasteiger partial charge is 0.422 e. The van der Waals surface area contributed by atoms with Crippen LogP contribution in [0.15, 0.2) is 57.9 Å². The van der Waals surface area contributed by atoms with E-state index < -0.39 is 11.5 Å². The van der Waals surface area contributed by atoms with E-state index in [9.17, 15) is 9.59 Å². The first kappa shape index (κ1) is 17.2. The van der Waals surface area contributed by atoms with Crippen molar-refractivity contribution in [2.45, 2.75) is 0 Å². The molecule has 1 aliphatic heterocycles. The number of anilines is 2. The molecule has 0 radical (unpaired) electrons. The molecule has 27 heavy (non-hydrogen) atoms. The lowest BCUT2D eigenvalue weighted by Gasteiger charge is -2.33. The number of nitrogens with zero attached hydrogens (tertiary/aromatic N) is 3. The monoisotopic (exact) mass is 364 g/mol. The van der Waals surface area contributed by atoms with E-state index in [4.69, 9.17) is 4.42 Å². The van der Waals surface area contributed by atoms with Gasteiger partial charge in [-0.15, -0.1) is 0 Å². The second kappa shape index (κ2) is 7.20. The summed E-state index contributed by atoms with van der Waals surface area (Å²) in [5.41, 5.74) is 0.299. The average Bonchev–Trinajstić information content (AvgIpc) is 2.68. The molecule has 0 spiro atoms. The van der Waals surface area contributed by atoms with Crippen molar-refractivity contribution in [3.05, 3.63) is 64.6 Å². The molecule has 1 aliphatic rings. The summed E-state index contributed by atoms with van der Waals surface area (Å²) in [6.45, 7) is 3.84. The molecule has 1 N–H and O–H groups in total. The Morgan fingerprint density at radius 2 is 1.89 bits per heavy atom. The third-order valence-corrected chi connectivity index (χ3v) is 4.72. The van der Waals surface area contributed by atoms with Gasteiger partial charge in [0.05, 0.1) is 11.9 Å². The van der Waals surface area contributed by atoms with Crippen LogP contribution in [0.2, 0.25) is 0 Å². The van der Waals surface area contributed by atoms with Crippen molar-refractivity contribution in [1.82, 2.24) is 9.88 Å². The molecule has 0 aliphatic carbocycles. The van der Waals surface area contributed by atoms with Crippen molar-refractivity contribution in [2.75, 3.05) is 43.4 Å². The van der Waals surface area contributed by atoms with E-state index in [1.54, 1.807) is 36.5 Å². The maximum atomic E-state index is 12.5. The van der Waals surface area contributed by atoms with Gasteiger partial charge in [-0.25, -0.2) is 9.78 Å². The van der Waals surface area contributed by atoms with Gasteiger partial charge in [-0.1, -0.05) is 18.2 Å². The Bertz CT molecular complexity index is 1020. The number of likely N-dealkylation sites (N-methyl/N-ethyl adjacent to an activating group) is 1. The number of amides is 1. The SMILES string of the molecule is CN1CCN(c2ccc(NC(=O)c3cc4ccccc4oc3=O)cn2)CC1. The standard InChI is InChI=1S/C20H20N4O3/c1-23-8-10-24(11-9-23)18-7-6-15(13-21-18)22-19(25)16-12-14-4-2-3-5-17(14)27-20(16)26/h2-7,12-13H,8-11H2,1H3,(H,22,25). The highest BCUT2D eigenvalue weighted by Gasteiger charge is 2.16. The van der Waals surface area contributed by atoms with Gasteiger partial charge in [-0.3, -0.25) is 4.79 Å². The van der Waals surface area contributed by atoms with Crippen LogP contribution in [0.25, 0.3) is 11.0 Å². The zero-order valence-corrected chi connectivity index (χ0v) is 15.0. The minimum atomic E-state index is -0.659. The second-order valence-corrected chi connectivity index (χ2v) is 6.63. The first-order chi connectivity index (χ1) is 13.1. The molecule has 0 bridgehead atoms. The Morgan fingerprint density at radius 1 is 1.11 bits per heavy atom. The topological polar surface area (TPSA) is 78.7 Å². The van der Waals surface area contributed by atoms with Crippen molar-refractivity contribution in [2.24, 2.45) is 0 Å². The number of benzene rings is 1. The molecule has 1 fully saturated rings. The third kappa shape index (κ3) is 3.68. The summed E-state index contributed by atoms with van der Waals surface area (Å²) in [6.07, 6.45) is 1.61.